The summed E-state index contributed by atoms with van der Waals surface area (Å²) in [6, 6.07) is 9.79. The van der Waals surface area contributed by atoms with Crippen LogP contribution in [0.15, 0.2) is 36.4 Å². The standard InChI is InChI=1S/C30H39Cl2N5O5/c1-20(33)29(39)34-21(2)30(40)42-19-37-26-18-23(10-8-22(26)9-11-27(37)38)41-17-4-3-12-35-13-15-36(16-14-35)25-7-5-6-24(31)28(25)32/h5-8,10,18,20-21H,3-4,9,11-17,19,33H2,1-2H3,(H,34,39). The summed E-state index contributed by atoms with van der Waals surface area (Å²) >= 11 is 12.6. The SMILES string of the molecule is CC(N)C(=O)NC(C)C(=O)OCN1C(=O)CCc2ccc(OCCCCN3CCN(c4cccc(Cl)c4Cl)CC3)cc21. The van der Waals surface area contributed by atoms with E-state index in [1.165, 1.54) is 18.7 Å². The van der Waals surface area contributed by atoms with E-state index < -0.39 is 24.0 Å². The minimum Gasteiger partial charge on any atom is -0.494 e. The maximum atomic E-state index is 12.7. The molecule has 2 aliphatic heterocycles. The first-order valence-corrected chi connectivity index (χ1v) is 15.1. The lowest BCUT2D eigenvalue weighted by Crippen LogP contribution is -2.47. The molecule has 3 N–H and O–H groups in total. The first kappa shape index (κ1) is 31.9. The van der Waals surface area contributed by atoms with Gasteiger partial charge in [0.05, 0.1) is 34.1 Å². The topological polar surface area (TPSA) is 117 Å². The van der Waals surface area contributed by atoms with Crippen LogP contribution in [0.2, 0.25) is 10.0 Å². The molecule has 0 aromatic heterocycles. The van der Waals surface area contributed by atoms with E-state index in [1.54, 1.807) is 6.07 Å². The number of carbonyl (C=O) groups is 3. The Morgan fingerprint density at radius 2 is 1.79 bits per heavy atom. The molecule has 2 aliphatic rings. The first-order chi connectivity index (χ1) is 20.1. The van der Waals surface area contributed by atoms with E-state index in [2.05, 4.69) is 15.1 Å². The Morgan fingerprint density at radius 1 is 1.02 bits per heavy atom. The van der Waals surface area contributed by atoms with Gasteiger partial charge in [0.25, 0.3) is 0 Å². The summed E-state index contributed by atoms with van der Waals surface area (Å²) in [6.45, 7) is 8.05. The van der Waals surface area contributed by atoms with Gasteiger partial charge in [0.2, 0.25) is 11.8 Å². The van der Waals surface area contributed by atoms with Gasteiger partial charge in [-0.25, -0.2) is 4.79 Å². The minimum atomic E-state index is -0.886. The van der Waals surface area contributed by atoms with Crippen LogP contribution in [-0.2, 0) is 25.5 Å². The normalized spacial score (nSPS) is 16.9. The van der Waals surface area contributed by atoms with Crippen molar-refractivity contribution >= 4 is 52.4 Å². The van der Waals surface area contributed by atoms with Gasteiger partial charge in [0, 0.05) is 38.7 Å². The molecule has 42 heavy (non-hydrogen) atoms. The summed E-state index contributed by atoms with van der Waals surface area (Å²) in [5.41, 5.74) is 8.17. The predicted octanol–water partition coefficient (Wildman–Crippen LogP) is 3.61. The van der Waals surface area contributed by atoms with Crippen molar-refractivity contribution in [3.63, 3.8) is 0 Å². The fourth-order valence-electron chi connectivity index (χ4n) is 4.98. The van der Waals surface area contributed by atoms with Crippen LogP contribution < -0.4 is 25.6 Å². The Balaban J connectivity index is 1.21. The molecule has 12 heteroatoms. The average Bonchev–Trinajstić information content (AvgIpc) is 2.98. The van der Waals surface area contributed by atoms with Gasteiger partial charge >= 0.3 is 5.97 Å². The summed E-state index contributed by atoms with van der Waals surface area (Å²) in [7, 11) is 0. The number of nitrogens with two attached hydrogens (primary N) is 1. The fraction of sp³-hybridized carbons (Fsp3) is 0.500. The second-order valence-electron chi connectivity index (χ2n) is 10.7. The number of piperazine rings is 1. The first-order valence-electron chi connectivity index (χ1n) is 14.3. The molecular formula is C30H39Cl2N5O5. The van der Waals surface area contributed by atoms with E-state index >= 15 is 0 Å². The second kappa shape index (κ2) is 14.9. The van der Waals surface area contributed by atoms with E-state index in [-0.39, 0.29) is 12.6 Å². The number of hydrogen-bond acceptors (Lipinski definition) is 8. The van der Waals surface area contributed by atoms with Crippen molar-refractivity contribution in [2.75, 3.05) is 55.9 Å². The number of fused-ring (bicyclic) bond motifs is 1. The van der Waals surface area contributed by atoms with Crippen molar-refractivity contribution in [1.29, 1.82) is 0 Å². The smallest absolute Gasteiger partial charge is 0.330 e. The maximum absolute atomic E-state index is 12.7. The summed E-state index contributed by atoms with van der Waals surface area (Å²) < 4.78 is 11.4. The number of hydrogen-bond donors (Lipinski definition) is 2. The zero-order valence-corrected chi connectivity index (χ0v) is 25.6. The van der Waals surface area contributed by atoms with Crippen molar-refractivity contribution in [3.8, 4) is 5.75 Å². The lowest BCUT2D eigenvalue weighted by Gasteiger charge is -2.36. The van der Waals surface area contributed by atoms with Crippen LogP contribution in [-0.4, -0.2) is 80.8 Å². The number of rotatable bonds is 12. The highest BCUT2D eigenvalue weighted by atomic mass is 35.5. The number of nitrogens with zero attached hydrogens (tertiary/aromatic N) is 3. The number of benzene rings is 2. The predicted molar refractivity (Wildman–Crippen MR) is 164 cm³/mol. The number of esters is 1. The van der Waals surface area contributed by atoms with E-state index in [4.69, 9.17) is 38.4 Å². The largest absolute Gasteiger partial charge is 0.494 e. The summed E-state index contributed by atoms with van der Waals surface area (Å²) in [5.74, 6) is -0.588. The molecule has 2 atom stereocenters. The Hall–Kier alpha value is -3.05. The molecule has 2 heterocycles. The number of unbranched alkanes of at least 4 members (excludes halogenated alkanes) is 1. The van der Waals surface area contributed by atoms with Crippen LogP contribution in [0.3, 0.4) is 0 Å². The van der Waals surface area contributed by atoms with Crippen molar-refractivity contribution < 1.29 is 23.9 Å². The molecule has 4 rings (SSSR count). The molecule has 2 unspecified atom stereocenters. The van der Waals surface area contributed by atoms with Gasteiger partial charge in [-0.3, -0.25) is 19.4 Å². The molecule has 0 bridgehead atoms. The van der Waals surface area contributed by atoms with Gasteiger partial charge in [-0.2, -0.15) is 0 Å². The Labute approximate surface area is 257 Å². The van der Waals surface area contributed by atoms with Gasteiger partial charge in [0.1, 0.15) is 11.8 Å². The molecule has 0 spiro atoms. The van der Waals surface area contributed by atoms with Crippen LogP contribution >= 0.6 is 23.2 Å². The number of ether oxygens (including phenoxy) is 2. The summed E-state index contributed by atoms with van der Waals surface area (Å²) in [6.07, 6.45) is 2.82. The van der Waals surface area contributed by atoms with E-state index in [0.29, 0.717) is 40.9 Å². The Kier molecular flexibility index (Phi) is 11.3. The number of aryl methyl sites for hydroxylation is 1. The molecule has 2 aromatic carbocycles. The van der Waals surface area contributed by atoms with Crippen LogP contribution in [0.1, 0.15) is 38.7 Å². The summed E-state index contributed by atoms with van der Waals surface area (Å²) in [4.78, 5) is 43.0. The quantitative estimate of drug-likeness (QED) is 0.273. The number of carbonyl (C=O) groups excluding carboxylic acids is 3. The van der Waals surface area contributed by atoms with Gasteiger partial charge in [-0.15, -0.1) is 0 Å². The molecule has 2 amide bonds. The molecule has 10 nitrogen and oxygen atoms in total. The third kappa shape index (κ3) is 8.28. The molecule has 0 radical (unpaired) electrons. The maximum Gasteiger partial charge on any atom is 0.330 e. The number of nitrogens with one attached hydrogen (secondary N) is 1. The van der Waals surface area contributed by atoms with Crippen LogP contribution in [0.4, 0.5) is 11.4 Å². The molecule has 0 saturated carbocycles. The van der Waals surface area contributed by atoms with Crippen LogP contribution in [0, 0.1) is 0 Å². The fourth-order valence-corrected chi connectivity index (χ4v) is 5.40. The van der Waals surface area contributed by atoms with E-state index in [9.17, 15) is 14.4 Å². The summed E-state index contributed by atoms with van der Waals surface area (Å²) in [5, 5.41) is 3.68. The van der Waals surface area contributed by atoms with Gasteiger partial charge < -0.3 is 25.4 Å². The number of amides is 2. The van der Waals surface area contributed by atoms with Gasteiger partial charge in [-0.1, -0.05) is 35.3 Å². The number of anilines is 2. The van der Waals surface area contributed by atoms with Crippen molar-refractivity contribution in [1.82, 2.24) is 10.2 Å². The molecule has 1 fully saturated rings. The van der Waals surface area contributed by atoms with Crippen molar-refractivity contribution in [2.24, 2.45) is 5.73 Å². The van der Waals surface area contributed by atoms with Crippen LogP contribution in [0.25, 0.3) is 0 Å². The highest BCUT2D eigenvalue weighted by Gasteiger charge is 2.27. The Bertz CT molecular complexity index is 1270. The third-order valence-electron chi connectivity index (χ3n) is 7.50. The van der Waals surface area contributed by atoms with Gasteiger partial charge in [-0.05, 0) is 63.4 Å². The minimum absolute atomic E-state index is 0.141. The lowest BCUT2D eigenvalue weighted by molar-refractivity contribution is -0.147. The zero-order valence-electron chi connectivity index (χ0n) is 24.1. The zero-order chi connectivity index (χ0) is 30.2. The third-order valence-corrected chi connectivity index (χ3v) is 8.31. The van der Waals surface area contributed by atoms with Crippen molar-refractivity contribution in [3.05, 3.63) is 52.0 Å². The Morgan fingerprint density at radius 3 is 2.52 bits per heavy atom. The second-order valence-corrected chi connectivity index (χ2v) is 11.5. The highest BCUT2D eigenvalue weighted by Crippen LogP contribution is 2.33. The molecule has 1 saturated heterocycles. The molecule has 0 aliphatic carbocycles. The average molecular weight is 621 g/mol. The van der Waals surface area contributed by atoms with Crippen molar-refractivity contribution in [2.45, 2.75) is 51.6 Å². The van der Waals surface area contributed by atoms with Gasteiger partial charge in [0.15, 0.2) is 6.73 Å². The monoisotopic (exact) mass is 619 g/mol. The highest BCUT2D eigenvalue weighted by molar-refractivity contribution is 6.43. The van der Waals surface area contributed by atoms with E-state index in [1.807, 2.05) is 30.3 Å². The number of halogens is 2. The van der Waals surface area contributed by atoms with E-state index in [0.717, 1.165) is 56.8 Å². The lowest BCUT2D eigenvalue weighted by atomic mass is 10.0. The molecule has 228 valence electrons. The van der Waals surface area contributed by atoms with Crippen LogP contribution in [0.5, 0.6) is 5.75 Å². The molecular weight excluding hydrogens is 581 g/mol. The molecule has 2 aromatic rings.